The highest BCUT2D eigenvalue weighted by Gasteiger charge is 2.43. The Morgan fingerprint density at radius 2 is 2.15 bits per heavy atom. The monoisotopic (exact) mass is 281 g/mol. The largest absolute Gasteiger partial charge is 0.462 e. The highest BCUT2D eigenvalue weighted by molar-refractivity contribution is 5.77. The maximum absolute atomic E-state index is 12.7. The van der Waals surface area contributed by atoms with Crippen molar-refractivity contribution in [3.8, 4) is 0 Å². The van der Waals surface area contributed by atoms with Crippen molar-refractivity contribution >= 4 is 5.97 Å². The van der Waals surface area contributed by atoms with Gasteiger partial charge >= 0.3 is 5.97 Å². The molecule has 1 heterocycles. The van der Waals surface area contributed by atoms with Crippen molar-refractivity contribution in [3.63, 3.8) is 0 Å². The van der Waals surface area contributed by atoms with Crippen LogP contribution in [0.5, 0.6) is 0 Å². The van der Waals surface area contributed by atoms with Crippen molar-refractivity contribution in [1.82, 2.24) is 5.32 Å². The third-order valence-corrected chi connectivity index (χ3v) is 5.57. The molecule has 0 aromatic carbocycles. The van der Waals surface area contributed by atoms with Crippen LogP contribution in [0, 0.1) is 23.2 Å². The van der Waals surface area contributed by atoms with Gasteiger partial charge in [0.1, 0.15) is 6.10 Å². The van der Waals surface area contributed by atoms with E-state index in [2.05, 4.69) is 33.0 Å². The standard InChI is InChI=1S/C17H31NO2/c1-5-17(8-9-18-11-17)16(19)20-15-10-13(4)6-7-14(15)12(2)3/h12-15,18H,5-11H2,1-4H3. The summed E-state index contributed by atoms with van der Waals surface area (Å²) in [5.74, 6) is 1.87. The molecule has 4 atom stereocenters. The third-order valence-electron chi connectivity index (χ3n) is 5.57. The van der Waals surface area contributed by atoms with E-state index in [1.807, 2.05) is 0 Å². The lowest BCUT2D eigenvalue weighted by molar-refractivity contribution is -0.167. The predicted molar refractivity (Wildman–Crippen MR) is 81.4 cm³/mol. The van der Waals surface area contributed by atoms with Gasteiger partial charge < -0.3 is 10.1 Å². The number of esters is 1. The van der Waals surface area contributed by atoms with Crippen LogP contribution in [-0.2, 0) is 9.53 Å². The maximum Gasteiger partial charge on any atom is 0.313 e. The topological polar surface area (TPSA) is 38.3 Å². The van der Waals surface area contributed by atoms with Gasteiger partial charge in [0.2, 0.25) is 0 Å². The van der Waals surface area contributed by atoms with E-state index in [0.29, 0.717) is 17.8 Å². The fourth-order valence-corrected chi connectivity index (χ4v) is 3.88. The lowest BCUT2D eigenvalue weighted by Crippen LogP contribution is -2.42. The van der Waals surface area contributed by atoms with Gasteiger partial charge in [-0.25, -0.2) is 0 Å². The molecule has 0 spiro atoms. The van der Waals surface area contributed by atoms with Crippen LogP contribution >= 0.6 is 0 Å². The Hall–Kier alpha value is -0.570. The number of carbonyl (C=O) groups is 1. The average Bonchev–Trinajstić information content (AvgIpc) is 2.88. The average molecular weight is 281 g/mol. The van der Waals surface area contributed by atoms with E-state index in [0.717, 1.165) is 32.4 Å². The third kappa shape index (κ3) is 3.19. The summed E-state index contributed by atoms with van der Waals surface area (Å²) in [6.07, 6.45) is 5.47. The number of nitrogens with one attached hydrogen (secondary N) is 1. The second kappa shape index (κ2) is 6.46. The van der Waals surface area contributed by atoms with Gasteiger partial charge in [0, 0.05) is 6.54 Å². The zero-order chi connectivity index (χ0) is 14.8. The molecule has 0 bridgehead atoms. The lowest BCUT2D eigenvalue weighted by atomic mass is 9.75. The zero-order valence-corrected chi connectivity index (χ0v) is 13.6. The quantitative estimate of drug-likeness (QED) is 0.803. The first kappa shape index (κ1) is 15.8. The van der Waals surface area contributed by atoms with Gasteiger partial charge in [0.25, 0.3) is 0 Å². The zero-order valence-electron chi connectivity index (χ0n) is 13.6. The minimum atomic E-state index is -0.262. The second-order valence-corrected chi connectivity index (χ2v) is 7.33. The molecule has 0 amide bonds. The lowest BCUT2D eigenvalue weighted by Gasteiger charge is -2.38. The summed E-state index contributed by atoms with van der Waals surface area (Å²) in [6.45, 7) is 10.6. The fourth-order valence-electron chi connectivity index (χ4n) is 3.88. The molecular weight excluding hydrogens is 250 g/mol. The van der Waals surface area contributed by atoms with Gasteiger partial charge in [-0.2, -0.15) is 0 Å². The first-order valence-corrected chi connectivity index (χ1v) is 8.40. The molecule has 2 fully saturated rings. The maximum atomic E-state index is 12.7. The molecule has 116 valence electrons. The summed E-state index contributed by atoms with van der Waals surface area (Å²) < 4.78 is 6.03. The van der Waals surface area contributed by atoms with E-state index < -0.39 is 0 Å². The Morgan fingerprint density at radius 1 is 1.40 bits per heavy atom. The van der Waals surface area contributed by atoms with Crippen molar-refractivity contribution in [2.24, 2.45) is 23.2 Å². The molecule has 1 aliphatic heterocycles. The van der Waals surface area contributed by atoms with Crippen LogP contribution < -0.4 is 5.32 Å². The SMILES string of the molecule is CCC1(C(=O)OC2CC(C)CCC2C(C)C)CCNC1. The molecule has 20 heavy (non-hydrogen) atoms. The van der Waals surface area contributed by atoms with Gasteiger partial charge in [-0.05, 0) is 50.0 Å². The Morgan fingerprint density at radius 3 is 2.70 bits per heavy atom. The van der Waals surface area contributed by atoms with Crippen LogP contribution in [0.2, 0.25) is 0 Å². The Kier molecular flexibility index (Phi) is 5.11. The van der Waals surface area contributed by atoms with Crippen LogP contribution in [0.25, 0.3) is 0 Å². The van der Waals surface area contributed by atoms with Crippen LogP contribution in [-0.4, -0.2) is 25.2 Å². The van der Waals surface area contributed by atoms with Gasteiger partial charge in [0.05, 0.1) is 5.41 Å². The molecule has 3 nitrogen and oxygen atoms in total. The predicted octanol–water partition coefficient (Wildman–Crippen LogP) is 3.38. The molecule has 0 aromatic heterocycles. The molecular formula is C17H31NO2. The molecule has 2 rings (SSSR count). The van der Waals surface area contributed by atoms with Crippen molar-refractivity contribution in [1.29, 1.82) is 0 Å². The smallest absolute Gasteiger partial charge is 0.313 e. The molecule has 2 aliphatic rings. The summed E-state index contributed by atoms with van der Waals surface area (Å²) in [5.41, 5.74) is -0.262. The van der Waals surface area contributed by atoms with Gasteiger partial charge in [-0.1, -0.05) is 34.1 Å². The highest BCUT2D eigenvalue weighted by Crippen LogP contribution is 2.38. The summed E-state index contributed by atoms with van der Waals surface area (Å²) in [6, 6.07) is 0. The highest BCUT2D eigenvalue weighted by atomic mass is 16.5. The molecule has 1 aliphatic carbocycles. The normalized spacial score (nSPS) is 38.1. The Bertz CT molecular complexity index is 334. The van der Waals surface area contributed by atoms with E-state index in [1.54, 1.807) is 0 Å². The minimum Gasteiger partial charge on any atom is -0.462 e. The van der Waals surface area contributed by atoms with Crippen LogP contribution in [0.4, 0.5) is 0 Å². The molecule has 4 unspecified atom stereocenters. The Labute approximate surface area is 123 Å². The molecule has 3 heteroatoms. The van der Waals surface area contributed by atoms with E-state index in [1.165, 1.54) is 12.8 Å². The first-order chi connectivity index (χ1) is 9.48. The van der Waals surface area contributed by atoms with E-state index in [9.17, 15) is 4.79 Å². The number of hydrogen-bond donors (Lipinski definition) is 1. The molecule has 1 N–H and O–H groups in total. The second-order valence-electron chi connectivity index (χ2n) is 7.33. The number of hydrogen-bond acceptors (Lipinski definition) is 3. The number of ether oxygens (including phenoxy) is 1. The van der Waals surface area contributed by atoms with Crippen molar-refractivity contribution in [2.45, 2.75) is 65.9 Å². The van der Waals surface area contributed by atoms with Gasteiger partial charge in [-0.3, -0.25) is 4.79 Å². The van der Waals surface area contributed by atoms with E-state index >= 15 is 0 Å². The van der Waals surface area contributed by atoms with Gasteiger partial charge in [-0.15, -0.1) is 0 Å². The molecule has 0 aromatic rings. The fraction of sp³-hybridized carbons (Fsp3) is 0.941. The van der Waals surface area contributed by atoms with Crippen LogP contribution in [0.3, 0.4) is 0 Å². The molecule has 1 saturated heterocycles. The van der Waals surface area contributed by atoms with Gasteiger partial charge in [0.15, 0.2) is 0 Å². The van der Waals surface area contributed by atoms with E-state index in [-0.39, 0.29) is 17.5 Å². The summed E-state index contributed by atoms with van der Waals surface area (Å²) in [4.78, 5) is 12.7. The minimum absolute atomic E-state index is 0.0507. The first-order valence-electron chi connectivity index (χ1n) is 8.40. The summed E-state index contributed by atoms with van der Waals surface area (Å²) in [5, 5.41) is 3.32. The molecule has 1 saturated carbocycles. The molecule has 0 radical (unpaired) electrons. The number of carbonyl (C=O) groups excluding carboxylic acids is 1. The van der Waals surface area contributed by atoms with Crippen LogP contribution in [0.15, 0.2) is 0 Å². The van der Waals surface area contributed by atoms with Crippen LogP contribution in [0.1, 0.15) is 59.8 Å². The summed E-state index contributed by atoms with van der Waals surface area (Å²) >= 11 is 0. The summed E-state index contributed by atoms with van der Waals surface area (Å²) in [7, 11) is 0. The van der Waals surface area contributed by atoms with Crippen molar-refractivity contribution in [2.75, 3.05) is 13.1 Å². The van der Waals surface area contributed by atoms with Crippen molar-refractivity contribution < 1.29 is 9.53 Å². The number of rotatable bonds is 4. The van der Waals surface area contributed by atoms with Crippen molar-refractivity contribution in [3.05, 3.63) is 0 Å². The van der Waals surface area contributed by atoms with E-state index in [4.69, 9.17) is 4.74 Å². The Balaban J connectivity index is 2.03.